The summed E-state index contributed by atoms with van der Waals surface area (Å²) < 4.78 is 16.1. The number of methoxy groups -OCH3 is 2. The van der Waals surface area contributed by atoms with E-state index in [-0.39, 0.29) is 0 Å². The number of esters is 1. The molecule has 0 saturated heterocycles. The lowest BCUT2D eigenvalue weighted by molar-refractivity contribution is -0.136. The molecule has 1 atom stereocenters. The van der Waals surface area contributed by atoms with Gasteiger partial charge in [0.05, 0.1) is 38.1 Å². The number of hydrogen-bond acceptors (Lipinski definition) is 5. The van der Waals surface area contributed by atoms with Crippen LogP contribution in [0.4, 0.5) is 4.79 Å². The number of urea groups is 1. The summed E-state index contributed by atoms with van der Waals surface area (Å²) in [6.45, 7) is 2.54. The Morgan fingerprint density at radius 3 is 2.45 bits per heavy atom. The second-order valence-corrected chi connectivity index (χ2v) is 6.43. The Morgan fingerprint density at radius 2 is 1.79 bits per heavy atom. The highest BCUT2D eigenvalue weighted by Gasteiger charge is 2.35. The molecular formula is C22H24N2O5. The lowest BCUT2D eigenvalue weighted by Crippen LogP contribution is -2.45. The van der Waals surface area contributed by atoms with E-state index in [4.69, 9.17) is 14.2 Å². The number of hydrogen-bond donors (Lipinski definition) is 2. The van der Waals surface area contributed by atoms with Crippen LogP contribution < -0.4 is 20.1 Å². The van der Waals surface area contributed by atoms with Crippen molar-refractivity contribution in [3.8, 4) is 11.5 Å². The Balaban J connectivity index is 2.15. The van der Waals surface area contributed by atoms with Crippen LogP contribution in [0.2, 0.25) is 0 Å². The Morgan fingerprint density at radius 1 is 1.07 bits per heavy atom. The highest BCUT2D eigenvalue weighted by Crippen LogP contribution is 2.36. The summed E-state index contributed by atoms with van der Waals surface area (Å²) in [7, 11) is 2.89. The molecule has 2 aromatic carbocycles. The summed E-state index contributed by atoms with van der Waals surface area (Å²) in [6, 6.07) is 13.3. The van der Waals surface area contributed by atoms with E-state index in [0.29, 0.717) is 40.5 Å². The summed E-state index contributed by atoms with van der Waals surface area (Å²) in [6.07, 6.45) is 0.837. The van der Waals surface area contributed by atoms with Crippen molar-refractivity contribution in [1.82, 2.24) is 10.6 Å². The molecule has 7 heteroatoms. The van der Waals surface area contributed by atoms with Crippen molar-refractivity contribution >= 4 is 17.7 Å². The highest BCUT2D eigenvalue weighted by molar-refractivity contribution is 6.04. The summed E-state index contributed by atoms with van der Waals surface area (Å²) in [5.41, 5.74) is 2.03. The van der Waals surface area contributed by atoms with Gasteiger partial charge in [-0.3, -0.25) is 0 Å². The molecule has 1 heterocycles. The van der Waals surface area contributed by atoms with Crippen LogP contribution in [-0.2, 0) is 9.53 Å². The predicted octanol–water partition coefficient (Wildman–Crippen LogP) is 3.42. The smallest absolute Gasteiger partial charge is 0.338 e. The van der Waals surface area contributed by atoms with Crippen LogP contribution in [0.3, 0.4) is 0 Å². The van der Waals surface area contributed by atoms with Gasteiger partial charge in [-0.05, 0) is 42.3 Å². The maximum atomic E-state index is 12.8. The molecule has 2 N–H and O–H groups in total. The Hall–Kier alpha value is -3.48. The van der Waals surface area contributed by atoms with E-state index in [2.05, 4.69) is 10.6 Å². The molecule has 0 bridgehead atoms. The van der Waals surface area contributed by atoms with Crippen LogP contribution in [0.1, 0.15) is 30.5 Å². The number of amides is 2. The highest BCUT2D eigenvalue weighted by atomic mass is 16.5. The zero-order valence-electron chi connectivity index (χ0n) is 16.7. The second-order valence-electron chi connectivity index (χ2n) is 6.43. The first-order valence-electron chi connectivity index (χ1n) is 9.35. The third-order valence-corrected chi connectivity index (χ3v) is 4.55. The first kappa shape index (κ1) is 20.3. The van der Waals surface area contributed by atoms with Crippen LogP contribution in [-0.4, -0.2) is 32.8 Å². The fourth-order valence-electron chi connectivity index (χ4n) is 3.18. The molecule has 0 radical (unpaired) electrons. The molecule has 0 aromatic heterocycles. The van der Waals surface area contributed by atoms with Gasteiger partial charge in [0.25, 0.3) is 0 Å². The first-order valence-corrected chi connectivity index (χ1v) is 9.35. The molecule has 7 nitrogen and oxygen atoms in total. The van der Waals surface area contributed by atoms with Gasteiger partial charge < -0.3 is 24.8 Å². The van der Waals surface area contributed by atoms with E-state index in [9.17, 15) is 9.59 Å². The maximum Gasteiger partial charge on any atom is 0.338 e. The number of para-hydroxylation sites is 1. The van der Waals surface area contributed by atoms with Crippen molar-refractivity contribution in [1.29, 1.82) is 0 Å². The van der Waals surface area contributed by atoms with Gasteiger partial charge in [0.1, 0.15) is 11.5 Å². The van der Waals surface area contributed by atoms with Crippen LogP contribution in [0.15, 0.2) is 54.1 Å². The molecular weight excluding hydrogens is 372 g/mol. The molecule has 3 rings (SSSR count). The second kappa shape index (κ2) is 9.14. The monoisotopic (exact) mass is 396 g/mol. The zero-order valence-corrected chi connectivity index (χ0v) is 16.7. The van der Waals surface area contributed by atoms with Crippen molar-refractivity contribution in [2.24, 2.45) is 0 Å². The van der Waals surface area contributed by atoms with E-state index in [1.54, 1.807) is 31.4 Å². The normalized spacial score (nSPS) is 16.0. The minimum atomic E-state index is -0.721. The van der Waals surface area contributed by atoms with E-state index >= 15 is 0 Å². The Kier molecular flexibility index (Phi) is 6.39. The summed E-state index contributed by atoms with van der Waals surface area (Å²) in [5, 5.41) is 5.57. The van der Waals surface area contributed by atoms with Gasteiger partial charge in [-0.1, -0.05) is 25.1 Å². The number of carbonyl (C=O) groups excluding carboxylic acids is 2. The zero-order chi connectivity index (χ0) is 20.8. The summed E-state index contributed by atoms with van der Waals surface area (Å²) >= 11 is 0. The van der Waals surface area contributed by atoms with Crippen LogP contribution in [0.25, 0.3) is 5.70 Å². The quantitative estimate of drug-likeness (QED) is 0.701. The average Bonchev–Trinajstić information content (AvgIpc) is 2.76. The number of nitrogens with one attached hydrogen (secondary N) is 2. The molecule has 29 heavy (non-hydrogen) atoms. The topological polar surface area (TPSA) is 85.9 Å². The third-order valence-electron chi connectivity index (χ3n) is 4.55. The van der Waals surface area contributed by atoms with Crippen molar-refractivity contribution in [2.45, 2.75) is 19.4 Å². The average molecular weight is 396 g/mol. The van der Waals surface area contributed by atoms with Gasteiger partial charge in [0, 0.05) is 5.56 Å². The molecule has 0 spiro atoms. The minimum absolute atomic E-state index is 0.296. The molecule has 0 saturated carbocycles. The largest absolute Gasteiger partial charge is 0.497 e. The van der Waals surface area contributed by atoms with Crippen LogP contribution >= 0.6 is 0 Å². The molecule has 152 valence electrons. The van der Waals surface area contributed by atoms with E-state index in [1.165, 1.54) is 7.11 Å². The molecule has 1 aliphatic rings. The predicted molar refractivity (Wildman–Crippen MR) is 109 cm³/mol. The SMILES string of the molecule is CCCOc1ccccc1C1NC(=O)NC(c2ccc(OC)cc2)=C1C(=O)OC. The molecule has 1 unspecified atom stereocenters. The number of benzene rings is 2. The first-order chi connectivity index (χ1) is 14.1. The lowest BCUT2D eigenvalue weighted by atomic mass is 9.92. The summed E-state index contributed by atoms with van der Waals surface area (Å²) in [5.74, 6) is 0.736. The number of carbonyl (C=O) groups is 2. The third kappa shape index (κ3) is 4.34. The van der Waals surface area contributed by atoms with Gasteiger partial charge >= 0.3 is 12.0 Å². The fraction of sp³-hybridized carbons (Fsp3) is 0.273. The van der Waals surface area contributed by atoms with E-state index in [1.807, 2.05) is 31.2 Å². The molecule has 2 aromatic rings. The summed E-state index contributed by atoms with van der Waals surface area (Å²) in [4.78, 5) is 25.2. The van der Waals surface area contributed by atoms with Crippen molar-refractivity contribution in [3.05, 3.63) is 65.2 Å². The molecule has 0 fully saturated rings. The van der Waals surface area contributed by atoms with Crippen LogP contribution in [0.5, 0.6) is 11.5 Å². The lowest BCUT2D eigenvalue weighted by Gasteiger charge is -2.30. The minimum Gasteiger partial charge on any atom is -0.497 e. The molecule has 0 aliphatic carbocycles. The van der Waals surface area contributed by atoms with Gasteiger partial charge in [-0.25, -0.2) is 9.59 Å². The number of ether oxygens (including phenoxy) is 3. The Labute approximate surface area is 169 Å². The van der Waals surface area contributed by atoms with Crippen molar-refractivity contribution in [3.63, 3.8) is 0 Å². The van der Waals surface area contributed by atoms with E-state index < -0.39 is 18.0 Å². The van der Waals surface area contributed by atoms with Gasteiger partial charge in [-0.15, -0.1) is 0 Å². The van der Waals surface area contributed by atoms with Crippen molar-refractivity contribution in [2.75, 3.05) is 20.8 Å². The van der Waals surface area contributed by atoms with Crippen molar-refractivity contribution < 1.29 is 23.8 Å². The van der Waals surface area contributed by atoms with E-state index in [0.717, 1.165) is 6.42 Å². The van der Waals surface area contributed by atoms with Crippen LogP contribution in [0, 0.1) is 0 Å². The Bertz CT molecular complexity index is 921. The number of rotatable bonds is 7. The van der Waals surface area contributed by atoms with Gasteiger partial charge in [0.2, 0.25) is 0 Å². The van der Waals surface area contributed by atoms with Gasteiger partial charge in [-0.2, -0.15) is 0 Å². The molecule has 1 aliphatic heterocycles. The fourth-order valence-corrected chi connectivity index (χ4v) is 3.18. The maximum absolute atomic E-state index is 12.8. The van der Waals surface area contributed by atoms with Gasteiger partial charge in [0.15, 0.2) is 0 Å². The standard InChI is InChI=1S/C22H24N2O5/c1-4-13-29-17-8-6-5-7-16(17)20-18(21(25)28-3)19(23-22(26)24-20)14-9-11-15(27-2)12-10-14/h5-12,20H,4,13H2,1-3H3,(H2,23,24,26). The molecule has 2 amide bonds.